The maximum absolute atomic E-state index is 11.9. The van der Waals surface area contributed by atoms with Gasteiger partial charge in [0.2, 0.25) is 0 Å². The zero-order valence-corrected chi connectivity index (χ0v) is 12.2. The molecule has 98 valence electrons. The van der Waals surface area contributed by atoms with Crippen molar-refractivity contribution < 1.29 is 4.79 Å². The summed E-state index contributed by atoms with van der Waals surface area (Å²) in [6.07, 6.45) is 0. The number of halogens is 2. The molecule has 0 radical (unpaired) electrons. The van der Waals surface area contributed by atoms with Gasteiger partial charge in [0.05, 0.1) is 11.0 Å². The molecule has 1 unspecified atom stereocenters. The van der Waals surface area contributed by atoms with Crippen LogP contribution in [-0.2, 0) is 0 Å². The van der Waals surface area contributed by atoms with Crippen molar-refractivity contribution in [2.45, 2.75) is 13.0 Å². The molecule has 7 heteroatoms. The first-order valence-electron chi connectivity index (χ1n) is 5.10. The number of benzene rings is 1. The number of nitrogens with zero attached hydrogens (tertiary/aromatic N) is 1. The zero-order valence-electron chi connectivity index (χ0n) is 9.91. The van der Waals surface area contributed by atoms with Crippen LogP contribution in [0.1, 0.15) is 6.92 Å². The summed E-state index contributed by atoms with van der Waals surface area (Å²) in [5, 5.41) is 3.56. The largest absolute Gasteiger partial charge is 0.392 e. The fraction of sp³-hybridized carbons (Fsp3) is 0.273. The normalized spacial score (nSPS) is 11.8. The number of urea groups is 1. The lowest BCUT2D eigenvalue weighted by molar-refractivity contribution is 0.218. The highest BCUT2D eigenvalue weighted by molar-refractivity contribution is 7.80. The number of carbonyl (C=O) groups excluding carboxylic acids is 1. The molecule has 2 amide bonds. The summed E-state index contributed by atoms with van der Waals surface area (Å²) in [4.78, 5) is 13.5. The maximum atomic E-state index is 11.9. The summed E-state index contributed by atoms with van der Waals surface area (Å²) in [7, 11) is 1.60. The van der Waals surface area contributed by atoms with Crippen LogP contribution >= 0.6 is 35.4 Å². The van der Waals surface area contributed by atoms with E-state index in [9.17, 15) is 4.79 Å². The van der Waals surface area contributed by atoms with Crippen molar-refractivity contribution in [1.82, 2.24) is 4.90 Å². The molecule has 0 aliphatic rings. The molecule has 0 fully saturated rings. The molecule has 4 nitrogen and oxygen atoms in total. The number of hydrogen-bond donors (Lipinski definition) is 2. The molecule has 1 rings (SSSR count). The monoisotopic (exact) mass is 305 g/mol. The van der Waals surface area contributed by atoms with Gasteiger partial charge >= 0.3 is 6.03 Å². The van der Waals surface area contributed by atoms with Crippen molar-refractivity contribution in [2.24, 2.45) is 5.73 Å². The van der Waals surface area contributed by atoms with E-state index in [-0.39, 0.29) is 17.1 Å². The fourth-order valence-electron chi connectivity index (χ4n) is 1.20. The van der Waals surface area contributed by atoms with E-state index in [1.807, 2.05) is 0 Å². The van der Waals surface area contributed by atoms with Crippen LogP contribution < -0.4 is 11.1 Å². The van der Waals surface area contributed by atoms with Gasteiger partial charge in [0, 0.05) is 22.8 Å². The molecule has 1 atom stereocenters. The molecule has 0 saturated carbocycles. The van der Waals surface area contributed by atoms with E-state index >= 15 is 0 Å². The van der Waals surface area contributed by atoms with E-state index in [1.165, 1.54) is 4.90 Å². The molecule has 0 spiro atoms. The number of anilines is 1. The SMILES string of the molecule is CC(C(N)=S)N(C)C(=O)Nc1cc(Cl)cc(Cl)c1. The van der Waals surface area contributed by atoms with Crippen molar-refractivity contribution in [3.05, 3.63) is 28.2 Å². The second-order valence-corrected chi connectivity index (χ2v) is 5.12. The molecular weight excluding hydrogens is 293 g/mol. The Morgan fingerprint density at radius 3 is 2.33 bits per heavy atom. The lowest BCUT2D eigenvalue weighted by Gasteiger charge is -2.24. The summed E-state index contributed by atoms with van der Waals surface area (Å²) in [5.74, 6) is 0. The average Bonchev–Trinajstić information content (AvgIpc) is 2.25. The average molecular weight is 306 g/mol. The molecule has 1 aromatic carbocycles. The molecular formula is C11H13Cl2N3OS. The van der Waals surface area contributed by atoms with Crippen molar-refractivity contribution in [3.8, 4) is 0 Å². The number of thiocarbonyl (C=S) groups is 1. The van der Waals surface area contributed by atoms with Crippen molar-refractivity contribution in [2.75, 3.05) is 12.4 Å². The number of rotatable bonds is 3. The van der Waals surface area contributed by atoms with Crippen molar-refractivity contribution in [1.29, 1.82) is 0 Å². The minimum Gasteiger partial charge on any atom is -0.392 e. The van der Waals surface area contributed by atoms with Gasteiger partial charge in [-0.25, -0.2) is 4.79 Å². The van der Waals surface area contributed by atoms with Crippen molar-refractivity contribution >= 4 is 52.1 Å². The van der Waals surface area contributed by atoms with Gasteiger partial charge in [-0.2, -0.15) is 0 Å². The summed E-state index contributed by atoms with van der Waals surface area (Å²) < 4.78 is 0. The smallest absolute Gasteiger partial charge is 0.322 e. The van der Waals surface area contributed by atoms with Crippen LogP contribution in [0.5, 0.6) is 0 Å². The standard InChI is InChI=1S/C11H13Cl2N3OS/c1-6(10(14)18)16(2)11(17)15-9-4-7(12)3-8(13)5-9/h3-6H,1-2H3,(H2,14,18)(H,15,17). The number of hydrogen-bond acceptors (Lipinski definition) is 2. The quantitative estimate of drug-likeness (QED) is 0.844. The second-order valence-electron chi connectivity index (χ2n) is 3.78. The topological polar surface area (TPSA) is 58.4 Å². The number of likely N-dealkylation sites (N-methyl/N-ethyl adjacent to an activating group) is 1. The minimum atomic E-state index is -0.339. The molecule has 0 aliphatic carbocycles. The van der Waals surface area contributed by atoms with E-state index in [0.717, 1.165) is 0 Å². The molecule has 3 N–H and O–H groups in total. The van der Waals surface area contributed by atoms with Crippen LogP contribution in [0.2, 0.25) is 10.0 Å². The van der Waals surface area contributed by atoms with Crippen LogP contribution in [0.15, 0.2) is 18.2 Å². The predicted octanol–water partition coefficient (Wildman–Crippen LogP) is 3.13. The third-order valence-electron chi connectivity index (χ3n) is 2.43. The highest BCUT2D eigenvalue weighted by atomic mass is 35.5. The van der Waals surface area contributed by atoms with Gasteiger partial charge in [-0.3, -0.25) is 0 Å². The Balaban J connectivity index is 2.78. The highest BCUT2D eigenvalue weighted by Gasteiger charge is 2.17. The number of nitrogens with one attached hydrogen (secondary N) is 1. The molecule has 1 aromatic rings. The Bertz CT molecular complexity index is 461. The van der Waals surface area contributed by atoms with Gasteiger partial charge in [0.25, 0.3) is 0 Å². The highest BCUT2D eigenvalue weighted by Crippen LogP contribution is 2.22. The van der Waals surface area contributed by atoms with Gasteiger partial charge in [-0.1, -0.05) is 35.4 Å². The Hall–Kier alpha value is -1.04. The molecule has 0 heterocycles. The van der Waals surface area contributed by atoms with Crippen LogP contribution in [0.25, 0.3) is 0 Å². The van der Waals surface area contributed by atoms with E-state index in [4.69, 9.17) is 41.2 Å². The lowest BCUT2D eigenvalue weighted by atomic mass is 10.3. The van der Waals surface area contributed by atoms with Crippen LogP contribution in [-0.4, -0.2) is 29.0 Å². The third kappa shape index (κ3) is 4.01. The molecule has 0 bridgehead atoms. The van der Waals surface area contributed by atoms with Crippen LogP contribution in [0.3, 0.4) is 0 Å². The molecule has 0 aliphatic heterocycles. The van der Waals surface area contributed by atoms with Crippen LogP contribution in [0.4, 0.5) is 10.5 Å². The first-order valence-corrected chi connectivity index (χ1v) is 6.27. The van der Waals surface area contributed by atoms with Gasteiger partial charge < -0.3 is 16.0 Å². The van der Waals surface area contributed by atoms with E-state index in [0.29, 0.717) is 15.7 Å². The Labute approximate surface area is 121 Å². The maximum Gasteiger partial charge on any atom is 0.322 e. The number of carbonyl (C=O) groups is 1. The summed E-state index contributed by atoms with van der Waals surface area (Å²) >= 11 is 16.5. The van der Waals surface area contributed by atoms with Crippen LogP contribution in [0, 0.1) is 0 Å². The predicted molar refractivity (Wildman–Crippen MR) is 79.5 cm³/mol. The molecule has 18 heavy (non-hydrogen) atoms. The summed E-state index contributed by atoms with van der Waals surface area (Å²) in [6.45, 7) is 1.74. The lowest BCUT2D eigenvalue weighted by Crippen LogP contribution is -2.44. The van der Waals surface area contributed by atoms with E-state index < -0.39 is 0 Å². The van der Waals surface area contributed by atoms with E-state index in [2.05, 4.69) is 5.32 Å². The van der Waals surface area contributed by atoms with Gasteiger partial charge in [0.15, 0.2) is 0 Å². The molecule has 0 saturated heterocycles. The minimum absolute atomic E-state index is 0.247. The third-order valence-corrected chi connectivity index (χ3v) is 3.20. The van der Waals surface area contributed by atoms with E-state index in [1.54, 1.807) is 32.2 Å². The second kappa shape index (κ2) is 6.22. The number of nitrogens with two attached hydrogens (primary N) is 1. The first-order chi connectivity index (χ1) is 8.31. The summed E-state index contributed by atoms with van der Waals surface area (Å²) in [5.41, 5.74) is 6.00. The first kappa shape index (κ1) is 15.0. The van der Waals surface area contributed by atoms with Crippen molar-refractivity contribution in [3.63, 3.8) is 0 Å². The van der Waals surface area contributed by atoms with Gasteiger partial charge in [0.1, 0.15) is 0 Å². The Morgan fingerprint density at radius 2 is 1.89 bits per heavy atom. The number of amides is 2. The molecule has 0 aromatic heterocycles. The van der Waals surface area contributed by atoms with Gasteiger partial charge in [-0.15, -0.1) is 0 Å². The van der Waals surface area contributed by atoms with Gasteiger partial charge in [-0.05, 0) is 25.1 Å². The Kier molecular flexibility index (Phi) is 5.19. The Morgan fingerprint density at radius 1 is 1.39 bits per heavy atom. The zero-order chi connectivity index (χ0) is 13.9. The fourth-order valence-corrected chi connectivity index (χ4v) is 1.89. The summed E-state index contributed by atoms with van der Waals surface area (Å²) in [6, 6.07) is 4.11.